The molecule has 0 nitrogen and oxygen atoms in total. The van der Waals surface area contributed by atoms with Crippen molar-refractivity contribution in [1.29, 1.82) is 0 Å². The number of halogens is 2. The van der Waals surface area contributed by atoms with E-state index >= 15 is 0 Å². The van der Waals surface area contributed by atoms with Crippen LogP contribution in [0.2, 0.25) is 0 Å². The van der Waals surface area contributed by atoms with Crippen LogP contribution in [0.4, 0.5) is 0 Å². The second-order valence-electron chi connectivity index (χ2n) is 5.31. The highest BCUT2D eigenvalue weighted by atomic mass is 35.7. The van der Waals surface area contributed by atoms with Crippen LogP contribution in [0.5, 0.6) is 0 Å². The summed E-state index contributed by atoms with van der Waals surface area (Å²) in [5.74, 6) is 0. The summed E-state index contributed by atoms with van der Waals surface area (Å²) in [5.41, 5.74) is 0. The quantitative estimate of drug-likeness (QED) is 0.419. The first kappa shape index (κ1) is 17.5. The number of thiophene rings is 2. The first-order valence-electron chi connectivity index (χ1n) is 7.64. The molecule has 2 aromatic heterocycles. The van der Waals surface area contributed by atoms with E-state index < -0.39 is 6.69 Å². The molecule has 2 rings (SSSR count). The van der Waals surface area contributed by atoms with E-state index in [2.05, 4.69) is 38.1 Å². The molecule has 0 bridgehead atoms. The van der Waals surface area contributed by atoms with Gasteiger partial charge in [-0.3, -0.25) is 0 Å². The van der Waals surface area contributed by atoms with E-state index in [4.69, 9.17) is 22.2 Å². The van der Waals surface area contributed by atoms with Crippen LogP contribution in [-0.2, 0) is 12.8 Å². The minimum absolute atomic E-state index is 1.14. The largest absolute Gasteiger partial charge is 0.329 e. The SMILES string of the molecule is CCCCc1ccc([Si](Cl)(Cl)c2ccc(CCCC)s2)s1. The monoisotopic (exact) mass is 376 g/mol. The van der Waals surface area contributed by atoms with Crippen LogP contribution < -0.4 is 9.00 Å². The molecule has 116 valence electrons. The lowest BCUT2D eigenvalue weighted by molar-refractivity contribution is 0.804. The fourth-order valence-electron chi connectivity index (χ4n) is 2.19. The van der Waals surface area contributed by atoms with Gasteiger partial charge in [0, 0.05) is 18.8 Å². The third kappa shape index (κ3) is 4.58. The molecule has 0 aromatic carbocycles. The smallest absolute Gasteiger partial charge is 0.147 e. The molecule has 0 N–H and O–H groups in total. The fourth-order valence-corrected chi connectivity index (χ4v) is 9.43. The highest BCUT2D eigenvalue weighted by Gasteiger charge is 2.36. The van der Waals surface area contributed by atoms with Crippen LogP contribution in [0, 0.1) is 0 Å². The molecule has 0 spiro atoms. The first-order valence-corrected chi connectivity index (χ1v) is 13.3. The van der Waals surface area contributed by atoms with Gasteiger partial charge in [-0.15, -0.1) is 44.8 Å². The van der Waals surface area contributed by atoms with Crippen molar-refractivity contribution < 1.29 is 0 Å². The van der Waals surface area contributed by atoms with Crippen molar-refractivity contribution in [3.63, 3.8) is 0 Å². The van der Waals surface area contributed by atoms with E-state index in [-0.39, 0.29) is 0 Å². The van der Waals surface area contributed by atoms with Gasteiger partial charge in [0.25, 0.3) is 0 Å². The molecule has 0 aliphatic heterocycles. The van der Waals surface area contributed by atoms with Gasteiger partial charge in [0.15, 0.2) is 0 Å². The van der Waals surface area contributed by atoms with Crippen LogP contribution >= 0.6 is 44.8 Å². The Labute approximate surface area is 146 Å². The topological polar surface area (TPSA) is 0 Å². The van der Waals surface area contributed by atoms with Crippen LogP contribution in [0.3, 0.4) is 0 Å². The number of unbranched alkanes of at least 4 members (excludes halogenated alkanes) is 2. The lowest BCUT2D eigenvalue weighted by Crippen LogP contribution is -2.45. The average Bonchev–Trinajstić information content (AvgIpc) is 3.12. The fraction of sp³-hybridized carbons (Fsp3) is 0.500. The summed E-state index contributed by atoms with van der Waals surface area (Å²) in [4.78, 5) is 2.82. The summed E-state index contributed by atoms with van der Waals surface area (Å²) in [5, 5.41) is 0. The van der Waals surface area contributed by atoms with Gasteiger partial charge in [0.05, 0.1) is 0 Å². The van der Waals surface area contributed by atoms with Gasteiger partial charge in [-0.25, -0.2) is 0 Å². The summed E-state index contributed by atoms with van der Waals surface area (Å²) >= 11 is 17.2. The molecule has 2 heterocycles. The lowest BCUT2D eigenvalue weighted by atomic mass is 10.2. The minimum atomic E-state index is -2.51. The highest BCUT2D eigenvalue weighted by molar-refractivity contribution is 7.65. The Morgan fingerprint density at radius 3 is 1.62 bits per heavy atom. The number of hydrogen-bond acceptors (Lipinski definition) is 2. The molecule has 0 saturated heterocycles. The maximum atomic E-state index is 6.81. The summed E-state index contributed by atoms with van der Waals surface area (Å²) in [6.45, 7) is 1.93. The molecule has 0 atom stereocenters. The predicted octanol–water partition coefficient (Wildman–Crippen LogP) is 5.53. The molecule has 5 heteroatoms. The molecule has 0 radical (unpaired) electrons. The van der Waals surface area contributed by atoms with E-state index in [0.717, 1.165) is 12.8 Å². The van der Waals surface area contributed by atoms with E-state index in [9.17, 15) is 0 Å². The Bertz CT molecular complexity index is 512. The second kappa shape index (κ2) is 8.16. The van der Waals surface area contributed by atoms with Crippen molar-refractivity contribution in [3.05, 3.63) is 34.0 Å². The maximum absolute atomic E-state index is 6.81. The normalized spacial score (nSPS) is 12.0. The van der Waals surface area contributed by atoms with Crippen molar-refractivity contribution in [3.8, 4) is 0 Å². The van der Waals surface area contributed by atoms with Crippen molar-refractivity contribution in [2.75, 3.05) is 0 Å². The molecular weight excluding hydrogens is 355 g/mol. The standard InChI is InChI=1S/C16H22Cl2S2Si/c1-3-5-7-13-9-11-15(19-13)21(17,18)16-12-10-14(20-16)8-6-4-2/h9-12H,3-8H2,1-2H3. The van der Waals surface area contributed by atoms with Crippen molar-refractivity contribution in [1.82, 2.24) is 0 Å². The molecule has 0 saturated carbocycles. The van der Waals surface area contributed by atoms with E-state index in [1.165, 1.54) is 44.4 Å². The van der Waals surface area contributed by atoms with Gasteiger partial charge in [0.1, 0.15) is 0 Å². The maximum Gasteiger partial charge on any atom is 0.329 e. The Kier molecular flexibility index (Phi) is 6.82. The zero-order chi connectivity index (χ0) is 15.3. The third-order valence-corrected chi connectivity index (χ3v) is 13.2. The Balaban J connectivity index is 2.12. The molecule has 0 aliphatic carbocycles. The number of hydrogen-bond donors (Lipinski definition) is 0. The molecule has 0 aliphatic rings. The van der Waals surface area contributed by atoms with E-state index in [1.54, 1.807) is 22.7 Å². The molecule has 0 unspecified atom stereocenters. The number of aryl methyl sites for hydroxylation is 2. The summed E-state index contributed by atoms with van der Waals surface area (Å²) in [6.07, 6.45) is 7.21. The van der Waals surface area contributed by atoms with Crippen LogP contribution in [0.1, 0.15) is 49.3 Å². The van der Waals surface area contributed by atoms with Crippen molar-refractivity contribution >= 4 is 60.5 Å². The van der Waals surface area contributed by atoms with Gasteiger partial charge in [-0.2, -0.15) is 0 Å². The zero-order valence-electron chi connectivity index (χ0n) is 12.6. The molecule has 0 fully saturated rings. The summed E-state index contributed by atoms with van der Waals surface area (Å²) in [6, 6.07) is 8.70. The van der Waals surface area contributed by atoms with Crippen molar-refractivity contribution in [2.45, 2.75) is 52.4 Å². The second-order valence-corrected chi connectivity index (χ2v) is 14.6. The Morgan fingerprint density at radius 1 is 0.810 bits per heavy atom. The predicted molar refractivity (Wildman–Crippen MR) is 103 cm³/mol. The molecule has 21 heavy (non-hydrogen) atoms. The van der Waals surface area contributed by atoms with Crippen molar-refractivity contribution in [2.24, 2.45) is 0 Å². The number of rotatable bonds is 8. The third-order valence-electron chi connectivity index (χ3n) is 3.50. The summed E-state index contributed by atoms with van der Waals surface area (Å²) < 4.78 is 2.36. The lowest BCUT2D eigenvalue weighted by Gasteiger charge is -2.12. The van der Waals surface area contributed by atoms with Crippen LogP contribution in [-0.4, -0.2) is 6.69 Å². The molecule has 2 aromatic rings. The van der Waals surface area contributed by atoms with Crippen LogP contribution in [0.15, 0.2) is 24.3 Å². The Hall–Kier alpha value is 0.197. The van der Waals surface area contributed by atoms with E-state index in [0.29, 0.717) is 0 Å². The zero-order valence-corrected chi connectivity index (χ0v) is 16.8. The summed E-state index contributed by atoms with van der Waals surface area (Å²) in [7, 11) is 0. The van der Waals surface area contributed by atoms with Gasteiger partial charge in [-0.1, -0.05) is 26.7 Å². The van der Waals surface area contributed by atoms with Gasteiger partial charge >= 0.3 is 6.69 Å². The molecular formula is C16H22Cl2S2Si. The van der Waals surface area contributed by atoms with Gasteiger partial charge in [-0.05, 0) is 49.9 Å². The minimum Gasteiger partial charge on any atom is -0.147 e. The van der Waals surface area contributed by atoms with E-state index in [1.807, 2.05) is 0 Å². The first-order chi connectivity index (χ1) is 10.1. The molecule has 0 amide bonds. The average molecular weight is 377 g/mol. The van der Waals surface area contributed by atoms with Gasteiger partial charge in [0.2, 0.25) is 0 Å². The van der Waals surface area contributed by atoms with Crippen LogP contribution in [0.25, 0.3) is 0 Å². The Morgan fingerprint density at radius 2 is 1.24 bits per heavy atom. The van der Waals surface area contributed by atoms with Gasteiger partial charge < -0.3 is 0 Å². The highest BCUT2D eigenvalue weighted by Crippen LogP contribution is 2.25.